The minimum atomic E-state index is -0.861. The number of anilines is 1. The number of hydrogen-bond acceptors (Lipinski definition) is 7. The molecule has 4 amide bonds. The summed E-state index contributed by atoms with van der Waals surface area (Å²) in [6.45, 7) is 0. The molecule has 1 aliphatic heterocycles. The third kappa shape index (κ3) is 4.04. The number of aromatic nitrogens is 2. The molecule has 1 saturated heterocycles. The fraction of sp³-hybridized carbons (Fsp3) is 0.476. The van der Waals surface area contributed by atoms with E-state index in [1.54, 1.807) is 0 Å². The van der Waals surface area contributed by atoms with E-state index in [9.17, 15) is 14.4 Å². The van der Waals surface area contributed by atoms with E-state index in [0.29, 0.717) is 24.0 Å². The number of amides is 4. The normalized spacial score (nSPS) is 20.2. The topological polar surface area (TPSA) is 116 Å². The Morgan fingerprint density at radius 3 is 2.71 bits per heavy atom. The van der Waals surface area contributed by atoms with Crippen LogP contribution >= 0.6 is 11.8 Å². The monoisotopic (exact) mass is 440 g/mol. The lowest BCUT2D eigenvalue weighted by Gasteiger charge is -2.30. The van der Waals surface area contributed by atoms with Gasteiger partial charge in [-0.15, -0.1) is 0 Å². The van der Waals surface area contributed by atoms with Gasteiger partial charge in [-0.1, -0.05) is 43.2 Å². The zero-order valence-electron chi connectivity index (χ0n) is 17.0. The van der Waals surface area contributed by atoms with E-state index in [1.807, 2.05) is 24.3 Å². The van der Waals surface area contributed by atoms with Gasteiger partial charge < -0.3 is 10.6 Å². The van der Waals surface area contributed by atoms with Crippen LogP contribution in [0.2, 0.25) is 0 Å². The number of carbonyl (C=O) groups excluding carboxylic acids is 3. The molecule has 0 radical (unpaired) electrons. The molecule has 1 spiro atoms. The highest BCUT2D eigenvalue weighted by Crippen LogP contribution is 2.33. The number of fused-ring (bicyclic) bond motifs is 1. The molecule has 31 heavy (non-hydrogen) atoms. The molecule has 2 aliphatic carbocycles. The molecular formula is C21H24N6O3S. The van der Waals surface area contributed by atoms with E-state index >= 15 is 0 Å². The van der Waals surface area contributed by atoms with Crippen LogP contribution in [-0.2, 0) is 9.59 Å². The van der Waals surface area contributed by atoms with Crippen molar-refractivity contribution < 1.29 is 14.4 Å². The van der Waals surface area contributed by atoms with Gasteiger partial charge in [0.25, 0.3) is 5.91 Å². The van der Waals surface area contributed by atoms with Gasteiger partial charge in [0.15, 0.2) is 5.16 Å². The molecule has 3 fully saturated rings. The highest BCUT2D eigenvalue weighted by molar-refractivity contribution is 7.99. The molecule has 9 nitrogen and oxygen atoms in total. The molecule has 2 aromatic rings. The Balaban J connectivity index is 1.25. The van der Waals surface area contributed by atoms with E-state index in [2.05, 4.69) is 26.0 Å². The van der Waals surface area contributed by atoms with E-state index in [0.717, 1.165) is 53.8 Å². The summed E-state index contributed by atoms with van der Waals surface area (Å²) in [6, 6.07) is 7.61. The van der Waals surface area contributed by atoms with E-state index < -0.39 is 17.5 Å². The molecule has 2 heterocycles. The number of hydrogen-bond donors (Lipinski definition) is 3. The van der Waals surface area contributed by atoms with Gasteiger partial charge in [0.1, 0.15) is 11.4 Å². The van der Waals surface area contributed by atoms with Crippen LogP contribution in [0.25, 0.3) is 10.9 Å². The Hall–Kier alpha value is -2.88. The van der Waals surface area contributed by atoms with Crippen LogP contribution in [0, 0.1) is 0 Å². The number of carbonyl (C=O) groups is 3. The first-order valence-electron chi connectivity index (χ1n) is 10.7. The lowest BCUT2D eigenvalue weighted by molar-refractivity contribution is -0.139. The number of imide groups is 1. The number of thioether (sulfide) groups is 1. The van der Waals surface area contributed by atoms with Crippen LogP contribution in [0.15, 0.2) is 29.4 Å². The van der Waals surface area contributed by atoms with Gasteiger partial charge in [0, 0.05) is 11.4 Å². The van der Waals surface area contributed by atoms with Crippen molar-refractivity contribution in [2.24, 2.45) is 0 Å². The van der Waals surface area contributed by atoms with Crippen LogP contribution in [0.4, 0.5) is 10.6 Å². The third-order valence-corrected chi connectivity index (χ3v) is 6.79. The number of nitrogens with one attached hydrogen (secondary N) is 3. The number of benzene rings is 1. The summed E-state index contributed by atoms with van der Waals surface area (Å²) in [4.78, 5) is 46.7. The van der Waals surface area contributed by atoms with Crippen molar-refractivity contribution in [3.63, 3.8) is 0 Å². The predicted octanol–water partition coefficient (Wildman–Crippen LogP) is 2.58. The molecule has 2 saturated carbocycles. The quantitative estimate of drug-likeness (QED) is 0.359. The summed E-state index contributed by atoms with van der Waals surface area (Å²) in [5.74, 6) is -0.0572. The van der Waals surface area contributed by atoms with E-state index in [1.165, 1.54) is 11.8 Å². The predicted molar refractivity (Wildman–Crippen MR) is 116 cm³/mol. The summed E-state index contributed by atoms with van der Waals surface area (Å²) in [7, 11) is 0. The largest absolute Gasteiger partial charge is 0.367 e. The summed E-state index contributed by atoms with van der Waals surface area (Å²) in [5.41, 5.74) is 2.40. The first-order chi connectivity index (χ1) is 15.0. The summed E-state index contributed by atoms with van der Waals surface area (Å²) in [5, 5.41) is 8.45. The van der Waals surface area contributed by atoms with Crippen molar-refractivity contribution in [2.45, 2.75) is 61.7 Å². The fourth-order valence-electron chi connectivity index (χ4n) is 4.15. The van der Waals surface area contributed by atoms with Gasteiger partial charge in [-0.05, 0) is 37.8 Å². The Bertz CT molecular complexity index is 1050. The highest BCUT2D eigenvalue weighted by Gasteiger charge is 2.52. The zero-order chi connectivity index (χ0) is 21.4. The maximum absolute atomic E-state index is 12.8. The third-order valence-electron chi connectivity index (χ3n) is 5.94. The zero-order valence-corrected chi connectivity index (χ0v) is 17.8. The minimum absolute atomic E-state index is 0.00866. The van der Waals surface area contributed by atoms with Crippen LogP contribution in [0.1, 0.15) is 44.9 Å². The summed E-state index contributed by atoms with van der Waals surface area (Å²) < 4.78 is 0. The highest BCUT2D eigenvalue weighted by atomic mass is 32.2. The lowest BCUT2D eigenvalue weighted by atomic mass is 9.82. The molecular weight excluding hydrogens is 416 g/mol. The Morgan fingerprint density at radius 2 is 1.94 bits per heavy atom. The van der Waals surface area contributed by atoms with Gasteiger partial charge in [0.2, 0.25) is 5.91 Å². The molecule has 0 atom stereocenters. The second kappa shape index (κ2) is 7.99. The number of para-hydroxylation sites is 1. The second-order valence-electron chi connectivity index (χ2n) is 8.33. The minimum Gasteiger partial charge on any atom is -0.367 e. The van der Waals surface area contributed by atoms with Crippen molar-refractivity contribution in [3.05, 3.63) is 24.3 Å². The maximum atomic E-state index is 12.8. The molecule has 5 rings (SSSR count). The van der Waals surface area contributed by atoms with Crippen LogP contribution in [-0.4, -0.2) is 50.2 Å². The number of urea groups is 1. The van der Waals surface area contributed by atoms with Gasteiger partial charge in [-0.3, -0.25) is 15.0 Å². The lowest BCUT2D eigenvalue weighted by Crippen LogP contribution is -2.51. The first-order valence-corrected chi connectivity index (χ1v) is 11.6. The average molecular weight is 441 g/mol. The maximum Gasteiger partial charge on any atom is 0.344 e. The smallest absolute Gasteiger partial charge is 0.344 e. The average Bonchev–Trinajstić information content (AvgIpc) is 3.56. The van der Waals surface area contributed by atoms with Crippen molar-refractivity contribution in [3.8, 4) is 0 Å². The molecule has 1 aromatic carbocycles. The van der Waals surface area contributed by atoms with E-state index in [4.69, 9.17) is 0 Å². The SMILES string of the molecule is O=C(CSc1nc(NC2CC2)c2ccccc2n1)NN1C(=O)NC2(CCCCC2)C1=O. The van der Waals surface area contributed by atoms with Crippen molar-refractivity contribution in [1.82, 2.24) is 25.7 Å². The van der Waals surface area contributed by atoms with Crippen molar-refractivity contribution >= 4 is 46.3 Å². The molecule has 10 heteroatoms. The second-order valence-corrected chi connectivity index (χ2v) is 9.27. The molecule has 0 bridgehead atoms. The Labute approximate surface area is 183 Å². The number of hydrazine groups is 1. The van der Waals surface area contributed by atoms with Crippen molar-refractivity contribution in [1.29, 1.82) is 0 Å². The first kappa shape index (κ1) is 20.0. The van der Waals surface area contributed by atoms with E-state index in [-0.39, 0.29) is 11.7 Å². The van der Waals surface area contributed by atoms with Gasteiger partial charge >= 0.3 is 6.03 Å². The standard InChI is InChI=1S/C21H24N6O3S/c28-16(26-27-18(29)21(25-20(27)30)10-4-1-5-11-21)12-31-19-23-15-7-3-2-6-14(15)17(24-19)22-13-8-9-13/h2-3,6-7,13H,1,4-5,8-12H2,(H,25,30)(H,26,28)(H,22,23,24). The van der Waals surface area contributed by atoms with Crippen LogP contribution < -0.4 is 16.1 Å². The Morgan fingerprint density at radius 1 is 1.16 bits per heavy atom. The number of nitrogens with zero attached hydrogens (tertiary/aromatic N) is 3. The molecule has 162 valence electrons. The summed E-state index contributed by atoms with van der Waals surface area (Å²) in [6.07, 6.45) is 6.30. The number of rotatable bonds is 6. The van der Waals surface area contributed by atoms with Gasteiger partial charge in [0.05, 0.1) is 11.3 Å². The molecule has 0 unspecified atom stereocenters. The summed E-state index contributed by atoms with van der Waals surface area (Å²) >= 11 is 1.17. The molecule has 3 N–H and O–H groups in total. The van der Waals surface area contributed by atoms with Gasteiger partial charge in [-0.2, -0.15) is 5.01 Å². The fourth-order valence-corrected chi connectivity index (χ4v) is 4.80. The molecule has 1 aromatic heterocycles. The molecule has 3 aliphatic rings. The van der Waals surface area contributed by atoms with Crippen molar-refractivity contribution in [2.75, 3.05) is 11.1 Å². The van der Waals surface area contributed by atoms with Crippen LogP contribution in [0.5, 0.6) is 0 Å². The Kier molecular flexibility index (Phi) is 5.17. The van der Waals surface area contributed by atoms with Crippen LogP contribution in [0.3, 0.4) is 0 Å². The van der Waals surface area contributed by atoms with Gasteiger partial charge in [-0.25, -0.2) is 14.8 Å².